The molecule has 3 aromatic rings. The van der Waals surface area contributed by atoms with Gasteiger partial charge in [0.05, 0.1) is 0 Å². The lowest BCUT2D eigenvalue weighted by Crippen LogP contribution is -2.31. The minimum Gasteiger partial charge on any atom is -0.484 e. The maximum Gasteiger partial charge on any atom is 0.336 e. The van der Waals surface area contributed by atoms with Crippen LogP contribution in [0.15, 0.2) is 63.8 Å². The standard InChI is InChI=1S/C23H24N2O4/c1-24(15-18-6-2-3-7-20(18)25-12-4-5-13-25)22(26)16-28-19-10-8-17-9-11-23(27)29-21(17)14-19/h2-3,6-11,14H,4-5,12-13,15-16H2,1H3. The van der Waals surface area contributed by atoms with Gasteiger partial charge in [-0.05, 0) is 42.7 Å². The van der Waals surface area contributed by atoms with Gasteiger partial charge in [0.2, 0.25) is 0 Å². The lowest BCUT2D eigenvalue weighted by Gasteiger charge is -2.24. The van der Waals surface area contributed by atoms with E-state index >= 15 is 0 Å². The Bertz CT molecular complexity index is 1070. The Balaban J connectivity index is 1.40. The van der Waals surface area contributed by atoms with Gasteiger partial charge in [0, 0.05) is 49.9 Å². The number of fused-ring (bicyclic) bond motifs is 1. The van der Waals surface area contributed by atoms with E-state index in [1.807, 2.05) is 12.1 Å². The summed E-state index contributed by atoms with van der Waals surface area (Å²) < 4.78 is 10.8. The van der Waals surface area contributed by atoms with Crippen molar-refractivity contribution in [2.75, 3.05) is 31.6 Å². The molecule has 2 aromatic carbocycles. The Morgan fingerprint density at radius 3 is 2.69 bits per heavy atom. The fraction of sp³-hybridized carbons (Fsp3) is 0.304. The van der Waals surface area contributed by atoms with Gasteiger partial charge < -0.3 is 19.0 Å². The van der Waals surface area contributed by atoms with E-state index in [0.717, 1.165) is 24.0 Å². The van der Waals surface area contributed by atoms with E-state index in [0.29, 0.717) is 17.9 Å². The monoisotopic (exact) mass is 392 g/mol. The van der Waals surface area contributed by atoms with Crippen LogP contribution in [0, 0.1) is 0 Å². The maximum atomic E-state index is 12.6. The maximum absolute atomic E-state index is 12.6. The largest absolute Gasteiger partial charge is 0.484 e. The molecule has 6 nitrogen and oxygen atoms in total. The molecular formula is C23H24N2O4. The van der Waals surface area contributed by atoms with Crippen LogP contribution in [0.1, 0.15) is 18.4 Å². The minimum atomic E-state index is -0.415. The topological polar surface area (TPSA) is 63.0 Å². The van der Waals surface area contributed by atoms with Gasteiger partial charge in [-0.1, -0.05) is 18.2 Å². The number of rotatable bonds is 6. The zero-order valence-electron chi connectivity index (χ0n) is 16.5. The lowest BCUT2D eigenvalue weighted by atomic mass is 10.1. The van der Waals surface area contributed by atoms with Crippen LogP contribution >= 0.6 is 0 Å². The Morgan fingerprint density at radius 2 is 1.86 bits per heavy atom. The number of carbonyl (C=O) groups is 1. The second-order valence-electron chi connectivity index (χ2n) is 7.32. The first-order valence-corrected chi connectivity index (χ1v) is 9.84. The summed E-state index contributed by atoms with van der Waals surface area (Å²) in [5.74, 6) is 0.377. The first kappa shape index (κ1) is 19.1. The van der Waals surface area contributed by atoms with Crippen LogP contribution in [-0.2, 0) is 11.3 Å². The molecule has 1 aliphatic heterocycles. The first-order valence-electron chi connectivity index (χ1n) is 9.84. The molecule has 1 aromatic heterocycles. The average Bonchev–Trinajstić information content (AvgIpc) is 3.26. The molecule has 6 heteroatoms. The van der Waals surface area contributed by atoms with Gasteiger partial charge in [-0.2, -0.15) is 0 Å². The Morgan fingerprint density at radius 1 is 1.10 bits per heavy atom. The van der Waals surface area contributed by atoms with Gasteiger partial charge in [-0.3, -0.25) is 4.79 Å². The van der Waals surface area contributed by atoms with Crippen LogP contribution in [-0.4, -0.2) is 37.6 Å². The van der Waals surface area contributed by atoms with Crippen molar-refractivity contribution >= 4 is 22.6 Å². The van der Waals surface area contributed by atoms with Gasteiger partial charge in [-0.15, -0.1) is 0 Å². The molecule has 4 rings (SSSR count). The van der Waals surface area contributed by atoms with E-state index in [1.165, 1.54) is 24.6 Å². The summed E-state index contributed by atoms with van der Waals surface area (Å²) in [6.45, 7) is 2.58. The zero-order chi connectivity index (χ0) is 20.2. The summed E-state index contributed by atoms with van der Waals surface area (Å²) in [7, 11) is 1.78. The van der Waals surface area contributed by atoms with E-state index in [-0.39, 0.29) is 12.5 Å². The first-order chi connectivity index (χ1) is 14.1. The predicted molar refractivity (Wildman–Crippen MR) is 112 cm³/mol. The molecule has 1 fully saturated rings. The molecule has 0 atom stereocenters. The smallest absolute Gasteiger partial charge is 0.336 e. The van der Waals surface area contributed by atoms with Crippen LogP contribution < -0.4 is 15.3 Å². The number of hydrogen-bond donors (Lipinski definition) is 0. The molecule has 0 spiro atoms. The van der Waals surface area contributed by atoms with Crippen LogP contribution in [0.2, 0.25) is 0 Å². The van der Waals surface area contributed by atoms with Crippen molar-refractivity contribution in [2.45, 2.75) is 19.4 Å². The molecule has 0 bridgehead atoms. The molecule has 1 amide bonds. The molecule has 29 heavy (non-hydrogen) atoms. The van der Waals surface area contributed by atoms with Gasteiger partial charge in [-0.25, -0.2) is 4.79 Å². The summed E-state index contributed by atoms with van der Waals surface area (Å²) in [4.78, 5) is 28.0. The lowest BCUT2D eigenvalue weighted by molar-refractivity contribution is -0.132. The van der Waals surface area contributed by atoms with Crippen molar-refractivity contribution in [3.63, 3.8) is 0 Å². The molecule has 1 aliphatic rings. The fourth-order valence-electron chi connectivity index (χ4n) is 3.64. The number of carbonyl (C=O) groups excluding carboxylic acids is 1. The minimum absolute atomic E-state index is 0.0784. The molecule has 0 radical (unpaired) electrons. The van der Waals surface area contributed by atoms with Gasteiger partial charge in [0.1, 0.15) is 11.3 Å². The Hall–Kier alpha value is -3.28. The van der Waals surface area contributed by atoms with Crippen LogP contribution in [0.25, 0.3) is 11.0 Å². The van der Waals surface area contributed by atoms with Crippen LogP contribution in [0.5, 0.6) is 5.75 Å². The molecule has 1 saturated heterocycles. The third-order valence-electron chi connectivity index (χ3n) is 5.23. The van der Waals surface area contributed by atoms with E-state index in [1.54, 1.807) is 36.2 Å². The molecule has 150 valence electrons. The van der Waals surface area contributed by atoms with Gasteiger partial charge in [0.25, 0.3) is 5.91 Å². The number of hydrogen-bond acceptors (Lipinski definition) is 5. The zero-order valence-corrected chi connectivity index (χ0v) is 16.5. The Labute approximate surface area is 169 Å². The molecule has 0 saturated carbocycles. The Kier molecular flexibility index (Phi) is 5.51. The molecule has 0 aliphatic carbocycles. The molecule has 0 N–H and O–H groups in total. The van der Waals surface area contributed by atoms with Crippen LogP contribution in [0.3, 0.4) is 0 Å². The molecule has 0 unspecified atom stereocenters. The number of nitrogens with zero attached hydrogens (tertiary/aromatic N) is 2. The van der Waals surface area contributed by atoms with Crippen molar-refractivity contribution < 1.29 is 13.9 Å². The van der Waals surface area contributed by atoms with E-state index in [9.17, 15) is 9.59 Å². The highest BCUT2D eigenvalue weighted by Crippen LogP contribution is 2.25. The number of ether oxygens (including phenoxy) is 1. The van der Waals surface area contributed by atoms with E-state index in [2.05, 4.69) is 17.0 Å². The molecular weight excluding hydrogens is 368 g/mol. The summed E-state index contributed by atoms with van der Waals surface area (Å²) in [5.41, 5.74) is 2.37. The third kappa shape index (κ3) is 4.42. The fourth-order valence-corrected chi connectivity index (χ4v) is 3.64. The summed E-state index contributed by atoms with van der Waals surface area (Å²) in [5, 5.41) is 0.805. The average molecular weight is 392 g/mol. The highest BCUT2D eigenvalue weighted by molar-refractivity contribution is 5.79. The predicted octanol–water partition coefficient (Wildman–Crippen LogP) is 3.43. The highest BCUT2D eigenvalue weighted by Gasteiger charge is 2.18. The number of para-hydroxylation sites is 1. The second-order valence-corrected chi connectivity index (χ2v) is 7.32. The number of likely N-dealkylation sites (N-methyl/N-ethyl adjacent to an activating group) is 1. The van der Waals surface area contributed by atoms with Crippen LogP contribution in [0.4, 0.5) is 5.69 Å². The number of amides is 1. The van der Waals surface area contributed by atoms with Crippen molar-refractivity contribution in [1.82, 2.24) is 4.90 Å². The normalized spacial score (nSPS) is 13.6. The van der Waals surface area contributed by atoms with Gasteiger partial charge in [0.15, 0.2) is 6.61 Å². The van der Waals surface area contributed by atoms with Crippen molar-refractivity contribution in [3.8, 4) is 5.75 Å². The summed E-state index contributed by atoms with van der Waals surface area (Å²) in [6.07, 6.45) is 2.42. The summed E-state index contributed by atoms with van der Waals surface area (Å²) in [6, 6.07) is 16.5. The number of anilines is 1. The highest BCUT2D eigenvalue weighted by atomic mass is 16.5. The van der Waals surface area contributed by atoms with E-state index < -0.39 is 5.63 Å². The second kappa shape index (κ2) is 8.39. The third-order valence-corrected chi connectivity index (χ3v) is 5.23. The van der Waals surface area contributed by atoms with Crippen molar-refractivity contribution in [1.29, 1.82) is 0 Å². The van der Waals surface area contributed by atoms with Crippen molar-refractivity contribution in [2.24, 2.45) is 0 Å². The van der Waals surface area contributed by atoms with Crippen molar-refractivity contribution in [3.05, 3.63) is 70.6 Å². The SMILES string of the molecule is CN(Cc1ccccc1N1CCCC1)C(=O)COc1ccc2ccc(=O)oc2c1. The quantitative estimate of drug-likeness (QED) is 0.602. The number of benzene rings is 2. The molecule has 2 heterocycles. The van der Waals surface area contributed by atoms with E-state index in [4.69, 9.17) is 9.15 Å². The summed E-state index contributed by atoms with van der Waals surface area (Å²) >= 11 is 0. The van der Waals surface area contributed by atoms with Gasteiger partial charge >= 0.3 is 5.63 Å².